The zero-order valence-electron chi connectivity index (χ0n) is 14.5. The van der Waals surface area contributed by atoms with Gasteiger partial charge in [-0.3, -0.25) is 0 Å². The van der Waals surface area contributed by atoms with Crippen molar-refractivity contribution >= 4 is 21.6 Å². The van der Waals surface area contributed by atoms with Gasteiger partial charge < -0.3 is 9.47 Å². The van der Waals surface area contributed by atoms with Gasteiger partial charge >= 0.3 is 6.18 Å². The molecule has 2 aromatic rings. The first kappa shape index (κ1) is 21.3. The van der Waals surface area contributed by atoms with Gasteiger partial charge in [-0.05, 0) is 42.5 Å². The van der Waals surface area contributed by atoms with Crippen molar-refractivity contribution in [2.45, 2.75) is 11.1 Å². The Labute approximate surface area is 160 Å². The van der Waals surface area contributed by atoms with Gasteiger partial charge in [0.15, 0.2) is 0 Å². The van der Waals surface area contributed by atoms with Crippen molar-refractivity contribution in [2.75, 3.05) is 27.3 Å². The van der Waals surface area contributed by atoms with Crippen molar-refractivity contribution < 1.29 is 31.1 Å². The molecular weight excluding hydrogens is 407 g/mol. The van der Waals surface area contributed by atoms with Crippen LogP contribution in [-0.4, -0.2) is 40.0 Å². The summed E-state index contributed by atoms with van der Waals surface area (Å²) in [5.74, 6) is 1.15. The van der Waals surface area contributed by atoms with Gasteiger partial charge in [0.2, 0.25) is 10.0 Å². The smallest absolute Gasteiger partial charge is 0.417 e. The summed E-state index contributed by atoms with van der Waals surface area (Å²) < 4.78 is 75.2. The van der Waals surface area contributed by atoms with Gasteiger partial charge in [-0.25, -0.2) is 8.42 Å². The fraction of sp³-hybridized carbons (Fsp3) is 0.294. The van der Waals surface area contributed by atoms with E-state index in [4.69, 9.17) is 21.1 Å². The van der Waals surface area contributed by atoms with Crippen molar-refractivity contribution in [3.05, 3.63) is 53.1 Å². The van der Waals surface area contributed by atoms with E-state index in [0.717, 1.165) is 16.4 Å². The van der Waals surface area contributed by atoms with E-state index in [-0.39, 0.29) is 13.2 Å². The highest BCUT2D eigenvalue weighted by Crippen LogP contribution is 2.36. The number of sulfonamides is 1. The summed E-state index contributed by atoms with van der Waals surface area (Å²) in [4.78, 5) is -0.494. The predicted octanol–water partition coefficient (Wildman–Crippen LogP) is 4.07. The van der Waals surface area contributed by atoms with Crippen LogP contribution in [-0.2, 0) is 16.2 Å². The van der Waals surface area contributed by atoms with Crippen LogP contribution >= 0.6 is 11.6 Å². The summed E-state index contributed by atoms with van der Waals surface area (Å²) in [5.41, 5.74) is -1.20. The molecule has 0 bridgehead atoms. The van der Waals surface area contributed by atoms with E-state index in [1.54, 1.807) is 24.3 Å². The monoisotopic (exact) mass is 423 g/mol. The average Bonchev–Trinajstić information content (AvgIpc) is 2.61. The number of likely N-dealkylation sites (N-methyl/N-ethyl adjacent to an activating group) is 1. The Morgan fingerprint density at radius 2 is 1.67 bits per heavy atom. The van der Waals surface area contributed by atoms with E-state index in [9.17, 15) is 21.6 Å². The number of hydrogen-bond acceptors (Lipinski definition) is 4. The molecular formula is C17H17ClF3NO4S. The first-order valence-corrected chi connectivity index (χ1v) is 9.47. The van der Waals surface area contributed by atoms with Gasteiger partial charge in [0.05, 0.1) is 22.6 Å². The highest BCUT2D eigenvalue weighted by atomic mass is 35.5. The molecule has 0 unspecified atom stereocenters. The minimum absolute atomic E-state index is 0.0157. The number of rotatable bonds is 7. The van der Waals surface area contributed by atoms with Crippen molar-refractivity contribution in [1.82, 2.24) is 4.31 Å². The molecule has 0 aliphatic heterocycles. The van der Waals surface area contributed by atoms with Crippen LogP contribution < -0.4 is 9.47 Å². The van der Waals surface area contributed by atoms with E-state index < -0.39 is 31.7 Å². The zero-order chi connectivity index (χ0) is 20.2. The number of ether oxygens (including phenoxy) is 2. The summed E-state index contributed by atoms with van der Waals surface area (Å²) in [6.45, 7) is -0.0416. The van der Waals surface area contributed by atoms with E-state index in [1.807, 2.05) is 0 Å². The summed E-state index contributed by atoms with van der Waals surface area (Å²) in [6, 6.07) is 9.15. The van der Waals surface area contributed by atoms with Gasteiger partial charge in [0.25, 0.3) is 0 Å². The summed E-state index contributed by atoms with van der Waals surface area (Å²) in [6.07, 6.45) is -4.75. The molecule has 0 radical (unpaired) electrons. The quantitative estimate of drug-likeness (QED) is 0.673. The molecule has 0 amide bonds. The largest absolute Gasteiger partial charge is 0.497 e. The van der Waals surface area contributed by atoms with Gasteiger partial charge in [0, 0.05) is 13.6 Å². The first-order chi connectivity index (χ1) is 12.6. The third-order valence-corrected chi connectivity index (χ3v) is 5.87. The highest BCUT2D eigenvalue weighted by Gasteiger charge is 2.35. The lowest BCUT2D eigenvalue weighted by atomic mass is 10.2. The van der Waals surface area contributed by atoms with Crippen LogP contribution in [0.5, 0.6) is 11.5 Å². The molecule has 0 heterocycles. The third kappa shape index (κ3) is 5.27. The molecule has 27 heavy (non-hydrogen) atoms. The number of benzene rings is 2. The molecule has 0 saturated heterocycles. The minimum Gasteiger partial charge on any atom is -0.497 e. The Morgan fingerprint density at radius 3 is 2.22 bits per heavy atom. The Bertz CT molecular complexity index is 886. The molecule has 10 heteroatoms. The van der Waals surface area contributed by atoms with Gasteiger partial charge in [-0.1, -0.05) is 11.6 Å². The van der Waals surface area contributed by atoms with Crippen LogP contribution in [0.15, 0.2) is 47.4 Å². The number of halogens is 4. The second-order valence-electron chi connectivity index (χ2n) is 5.49. The van der Waals surface area contributed by atoms with Gasteiger partial charge in [-0.2, -0.15) is 17.5 Å². The maximum atomic E-state index is 12.9. The van der Waals surface area contributed by atoms with Crippen LogP contribution in [0.3, 0.4) is 0 Å². The highest BCUT2D eigenvalue weighted by molar-refractivity contribution is 7.89. The minimum atomic E-state index is -4.75. The SMILES string of the molecule is COc1ccc(OCCN(C)S(=O)(=O)c2ccc(Cl)c(C(F)(F)F)c2)cc1. The molecule has 2 aromatic carbocycles. The molecule has 5 nitrogen and oxygen atoms in total. The average molecular weight is 424 g/mol. The zero-order valence-corrected chi connectivity index (χ0v) is 16.0. The van der Waals surface area contributed by atoms with Crippen LogP contribution in [0.25, 0.3) is 0 Å². The molecule has 0 aromatic heterocycles. The fourth-order valence-corrected chi connectivity index (χ4v) is 3.55. The topological polar surface area (TPSA) is 55.8 Å². The molecule has 2 rings (SSSR count). The third-order valence-electron chi connectivity index (χ3n) is 3.69. The lowest BCUT2D eigenvalue weighted by Crippen LogP contribution is -2.31. The molecule has 0 fully saturated rings. The number of nitrogens with zero attached hydrogens (tertiary/aromatic N) is 1. The van der Waals surface area contributed by atoms with Gasteiger partial charge in [0.1, 0.15) is 18.1 Å². The standard InChI is InChI=1S/C17H17ClF3NO4S/c1-22(9-10-26-13-5-3-12(25-2)4-6-13)27(23,24)14-7-8-16(18)15(11-14)17(19,20)21/h3-8,11H,9-10H2,1-2H3. The van der Waals surface area contributed by atoms with E-state index in [2.05, 4.69) is 0 Å². The van der Waals surface area contributed by atoms with Crippen LogP contribution in [0.4, 0.5) is 13.2 Å². The van der Waals surface area contributed by atoms with Crippen LogP contribution in [0, 0.1) is 0 Å². The Balaban J connectivity index is 2.07. The molecule has 0 aliphatic carbocycles. The number of hydrogen-bond donors (Lipinski definition) is 0. The second kappa shape index (κ2) is 8.37. The molecule has 0 N–H and O–H groups in total. The molecule has 148 valence electrons. The second-order valence-corrected chi connectivity index (χ2v) is 7.94. The number of alkyl halides is 3. The summed E-state index contributed by atoms with van der Waals surface area (Å²) in [5, 5.41) is -0.563. The lowest BCUT2D eigenvalue weighted by Gasteiger charge is -2.19. The molecule has 0 spiro atoms. The van der Waals surface area contributed by atoms with Crippen molar-refractivity contribution in [3.8, 4) is 11.5 Å². The lowest BCUT2D eigenvalue weighted by molar-refractivity contribution is -0.137. The Hall–Kier alpha value is -1.97. The summed E-state index contributed by atoms with van der Waals surface area (Å²) in [7, 11) is -1.35. The molecule has 0 saturated carbocycles. The van der Waals surface area contributed by atoms with Crippen LogP contribution in [0.2, 0.25) is 5.02 Å². The fourth-order valence-electron chi connectivity index (χ4n) is 2.15. The molecule has 0 aliphatic rings. The van der Waals surface area contributed by atoms with E-state index >= 15 is 0 Å². The van der Waals surface area contributed by atoms with Crippen molar-refractivity contribution in [1.29, 1.82) is 0 Å². The maximum absolute atomic E-state index is 12.9. The van der Waals surface area contributed by atoms with Gasteiger partial charge in [-0.15, -0.1) is 0 Å². The normalized spacial score (nSPS) is 12.3. The van der Waals surface area contributed by atoms with Crippen molar-refractivity contribution in [3.63, 3.8) is 0 Å². The van der Waals surface area contributed by atoms with Crippen molar-refractivity contribution in [2.24, 2.45) is 0 Å². The predicted molar refractivity (Wildman–Crippen MR) is 94.8 cm³/mol. The summed E-state index contributed by atoms with van der Waals surface area (Å²) >= 11 is 5.53. The van der Waals surface area contributed by atoms with E-state index in [0.29, 0.717) is 17.6 Å². The first-order valence-electron chi connectivity index (χ1n) is 7.65. The number of methoxy groups -OCH3 is 1. The molecule has 0 atom stereocenters. The maximum Gasteiger partial charge on any atom is 0.417 e. The van der Waals surface area contributed by atoms with E-state index in [1.165, 1.54) is 14.2 Å². The van der Waals surface area contributed by atoms with Crippen LogP contribution in [0.1, 0.15) is 5.56 Å². The Morgan fingerprint density at radius 1 is 1.07 bits per heavy atom. The Kier molecular flexibility index (Phi) is 6.61.